The van der Waals surface area contributed by atoms with E-state index in [0.29, 0.717) is 5.75 Å². The lowest BCUT2D eigenvalue weighted by molar-refractivity contribution is -0.139. The molecule has 0 spiro atoms. The van der Waals surface area contributed by atoms with Crippen molar-refractivity contribution in [1.82, 2.24) is 0 Å². The maximum Gasteiger partial charge on any atom is 0.341 e. The number of aryl methyl sites for hydroxylation is 1. The number of hydrogen-bond acceptors (Lipinski definition) is 2. The standard InChI is InChI=1S/C9H9BrO3/c1-6-2-7(10)4-8(3-6)13-5-9(11)12/h2-4H,5H2,1H3,(H,11,12). The quantitative estimate of drug-likeness (QED) is 0.888. The highest BCUT2D eigenvalue weighted by Gasteiger charge is 2.00. The van der Waals surface area contributed by atoms with Crippen molar-refractivity contribution in [3.63, 3.8) is 0 Å². The molecule has 0 unspecified atom stereocenters. The average molecular weight is 245 g/mol. The maximum atomic E-state index is 10.2. The van der Waals surface area contributed by atoms with E-state index in [4.69, 9.17) is 9.84 Å². The van der Waals surface area contributed by atoms with Crippen LogP contribution in [-0.4, -0.2) is 17.7 Å². The highest BCUT2D eigenvalue weighted by molar-refractivity contribution is 9.10. The summed E-state index contributed by atoms with van der Waals surface area (Å²) in [5, 5.41) is 8.38. The number of carboxylic acids is 1. The van der Waals surface area contributed by atoms with Gasteiger partial charge in [0.25, 0.3) is 0 Å². The van der Waals surface area contributed by atoms with Crippen molar-refractivity contribution in [1.29, 1.82) is 0 Å². The normalized spacial score (nSPS) is 9.69. The first kappa shape index (κ1) is 10.1. The molecule has 0 aliphatic heterocycles. The molecule has 0 aromatic heterocycles. The molecule has 0 aliphatic carbocycles. The van der Waals surface area contributed by atoms with Crippen LogP contribution in [0.25, 0.3) is 0 Å². The number of rotatable bonds is 3. The minimum Gasteiger partial charge on any atom is -0.482 e. The number of benzene rings is 1. The summed E-state index contributed by atoms with van der Waals surface area (Å²) in [5.74, 6) is -0.410. The topological polar surface area (TPSA) is 46.5 Å². The first-order valence-electron chi connectivity index (χ1n) is 3.70. The second kappa shape index (κ2) is 4.28. The van der Waals surface area contributed by atoms with Gasteiger partial charge in [-0.15, -0.1) is 0 Å². The first-order valence-corrected chi connectivity index (χ1v) is 4.49. The van der Waals surface area contributed by atoms with E-state index in [1.54, 1.807) is 12.1 Å². The van der Waals surface area contributed by atoms with Crippen LogP contribution in [0.15, 0.2) is 22.7 Å². The van der Waals surface area contributed by atoms with Crippen molar-refractivity contribution >= 4 is 21.9 Å². The van der Waals surface area contributed by atoms with Gasteiger partial charge in [0, 0.05) is 4.47 Å². The number of ether oxygens (including phenoxy) is 1. The molecule has 70 valence electrons. The van der Waals surface area contributed by atoms with Crippen molar-refractivity contribution in [2.24, 2.45) is 0 Å². The third kappa shape index (κ3) is 3.46. The van der Waals surface area contributed by atoms with Gasteiger partial charge < -0.3 is 9.84 Å². The summed E-state index contributed by atoms with van der Waals surface area (Å²) in [6.45, 7) is 1.61. The molecule has 0 heterocycles. The van der Waals surface area contributed by atoms with Crippen LogP contribution in [0.2, 0.25) is 0 Å². The van der Waals surface area contributed by atoms with E-state index in [1.165, 1.54) is 0 Å². The molecule has 13 heavy (non-hydrogen) atoms. The number of hydrogen-bond donors (Lipinski definition) is 1. The fraction of sp³-hybridized carbons (Fsp3) is 0.222. The Morgan fingerprint density at radius 3 is 2.77 bits per heavy atom. The van der Waals surface area contributed by atoms with E-state index < -0.39 is 5.97 Å². The SMILES string of the molecule is Cc1cc(Br)cc(OCC(=O)O)c1. The number of halogens is 1. The molecule has 1 aromatic rings. The molecule has 0 saturated heterocycles. The van der Waals surface area contributed by atoms with Gasteiger partial charge in [0.1, 0.15) is 5.75 Å². The molecule has 0 atom stereocenters. The molecule has 1 rings (SSSR count). The number of carboxylic acid groups (broad SMARTS) is 1. The first-order chi connectivity index (χ1) is 6.08. The predicted molar refractivity (Wildman–Crippen MR) is 52.0 cm³/mol. The lowest BCUT2D eigenvalue weighted by Crippen LogP contribution is -2.09. The monoisotopic (exact) mass is 244 g/mol. The number of carbonyl (C=O) groups is 1. The van der Waals surface area contributed by atoms with Crippen LogP contribution < -0.4 is 4.74 Å². The van der Waals surface area contributed by atoms with Crippen LogP contribution in [0.3, 0.4) is 0 Å². The lowest BCUT2D eigenvalue weighted by Gasteiger charge is -2.04. The van der Waals surface area contributed by atoms with Crippen LogP contribution in [0, 0.1) is 6.92 Å². The van der Waals surface area contributed by atoms with Gasteiger partial charge in [-0.2, -0.15) is 0 Å². The second-order valence-corrected chi connectivity index (χ2v) is 3.56. The van der Waals surface area contributed by atoms with E-state index >= 15 is 0 Å². The van der Waals surface area contributed by atoms with Gasteiger partial charge in [-0.1, -0.05) is 15.9 Å². The fourth-order valence-electron chi connectivity index (χ4n) is 0.931. The van der Waals surface area contributed by atoms with Crippen molar-refractivity contribution in [3.05, 3.63) is 28.2 Å². The zero-order valence-corrected chi connectivity index (χ0v) is 8.67. The van der Waals surface area contributed by atoms with E-state index in [0.717, 1.165) is 10.0 Å². The molecule has 3 nitrogen and oxygen atoms in total. The van der Waals surface area contributed by atoms with Gasteiger partial charge in [-0.3, -0.25) is 0 Å². The van der Waals surface area contributed by atoms with Gasteiger partial charge in [-0.25, -0.2) is 4.79 Å². The zero-order valence-electron chi connectivity index (χ0n) is 7.08. The maximum absolute atomic E-state index is 10.2. The molecule has 0 amide bonds. The summed E-state index contributed by atoms with van der Waals surface area (Å²) in [6, 6.07) is 5.44. The Bertz CT molecular complexity index is 302. The minimum atomic E-state index is -0.974. The van der Waals surface area contributed by atoms with Crippen molar-refractivity contribution in [3.8, 4) is 5.75 Å². The van der Waals surface area contributed by atoms with Crippen molar-refractivity contribution < 1.29 is 14.6 Å². The van der Waals surface area contributed by atoms with E-state index in [9.17, 15) is 4.79 Å². The van der Waals surface area contributed by atoms with Crippen LogP contribution >= 0.6 is 15.9 Å². The summed E-state index contributed by atoms with van der Waals surface area (Å²) in [4.78, 5) is 10.2. The molecular formula is C9H9BrO3. The molecule has 0 bridgehead atoms. The highest BCUT2D eigenvalue weighted by Crippen LogP contribution is 2.20. The molecule has 1 N–H and O–H groups in total. The highest BCUT2D eigenvalue weighted by atomic mass is 79.9. The Kier molecular flexibility index (Phi) is 3.31. The zero-order chi connectivity index (χ0) is 9.84. The Balaban J connectivity index is 2.71. The largest absolute Gasteiger partial charge is 0.482 e. The van der Waals surface area contributed by atoms with E-state index in [-0.39, 0.29) is 6.61 Å². The molecule has 1 aromatic carbocycles. The van der Waals surface area contributed by atoms with Gasteiger partial charge in [0.15, 0.2) is 6.61 Å². The Labute approximate surface area is 84.5 Å². The summed E-state index contributed by atoms with van der Waals surface area (Å²) in [7, 11) is 0. The minimum absolute atomic E-state index is 0.310. The predicted octanol–water partition coefficient (Wildman–Crippen LogP) is 2.22. The smallest absolute Gasteiger partial charge is 0.341 e. The van der Waals surface area contributed by atoms with E-state index in [1.807, 2.05) is 13.0 Å². The lowest BCUT2D eigenvalue weighted by atomic mass is 10.2. The Morgan fingerprint density at radius 1 is 1.54 bits per heavy atom. The molecule has 0 fully saturated rings. The molecule has 0 radical (unpaired) electrons. The van der Waals surface area contributed by atoms with Gasteiger partial charge in [0.2, 0.25) is 0 Å². The number of aliphatic carboxylic acids is 1. The summed E-state index contributed by atoms with van der Waals surface area (Å²) >= 11 is 3.29. The average Bonchev–Trinajstić information content (AvgIpc) is 1.99. The van der Waals surface area contributed by atoms with Gasteiger partial charge in [-0.05, 0) is 30.7 Å². The summed E-state index contributed by atoms with van der Waals surface area (Å²) in [5.41, 5.74) is 1.02. The van der Waals surface area contributed by atoms with Gasteiger partial charge in [0.05, 0.1) is 0 Å². The van der Waals surface area contributed by atoms with Crippen molar-refractivity contribution in [2.45, 2.75) is 6.92 Å². The molecule has 4 heteroatoms. The van der Waals surface area contributed by atoms with Crippen molar-refractivity contribution in [2.75, 3.05) is 6.61 Å². The van der Waals surface area contributed by atoms with Crippen LogP contribution in [0.1, 0.15) is 5.56 Å². The van der Waals surface area contributed by atoms with Gasteiger partial charge >= 0.3 is 5.97 Å². The second-order valence-electron chi connectivity index (χ2n) is 2.65. The Morgan fingerprint density at radius 2 is 2.23 bits per heavy atom. The van der Waals surface area contributed by atoms with Crippen LogP contribution in [0.4, 0.5) is 0 Å². The molecular weight excluding hydrogens is 236 g/mol. The molecule has 0 aliphatic rings. The Hall–Kier alpha value is -1.03. The molecule has 0 saturated carbocycles. The third-order valence-electron chi connectivity index (χ3n) is 1.38. The third-order valence-corrected chi connectivity index (χ3v) is 1.84. The summed E-state index contributed by atoms with van der Waals surface area (Å²) in [6.07, 6.45) is 0. The fourth-order valence-corrected chi connectivity index (χ4v) is 1.52. The van der Waals surface area contributed by atoms with Crippen LogP contribution in [-0.2, 0) is 4.79 Å². The summed E-state index contributed by atoms with van der Waals surface area (Å²) < 4.78 is 5.88. The van der Waals surface area contributed by atoms with E-state index in [2.05, 4.69) is 15.9 Å². The van der Waals surface area contributed by atoms with Crippen LogP contribution in [0.5, 0.6) is 5.75 Å².